The molecular formula is C15H24N2O5. The Morgan fingerprint density at radius 1 is 1.27 bits per heavy atom. The van der Waals surface area contributed by atoms with E-state index in [-0.39, 0.29) is 11.2 Å². The third kappa shape index (κ3) is 4.32. The number of anilines is 1. The van der Waals surface area contributed by atoms with Crippen molar-refractivity contribution in [2.45, 2.75) is 39.4 Å². The van der Waals surface area contributed by atoms with Crippen LogP contribution in [0.15, 0.2) is 21.9 Å². The monoisotopic (exact) mass is 312 g/mol. The minimum Gasteiger partial charge on any atom is -0.491 e. The Morgan fingerprint density at radius 2 is 1.86 bits per heavy atom. The Morgan fingerprint density at radius 3 is 2.27 bits per heavy atom. The lowest BCUT2D eigenvalue weighted by molar-refractivity contribution is -0.117. The zero-order chi connectivity index (χ0) is 16.9. The highest BCUT2D eigenvalue weighted by Gasteiger charge is 2.23. The lowest BCUT2D eigenvalue weighted by atomic mass is 9.93. The molecule has 0 aliphatic heterocycles. The first-order chi connectivity index (χ1) is 10.2. The normalized spacial score (nSPS) is 13.1. The Bertz CT molecular complexity index is 538. The first-order valence-corrected chi connectivity index (χ1v) is 6.83. The number of methoxy groups -OCH3 is 3. The van der Waals surface area contributed by atoms with Crippen molar-refractivity contribution in [1.29, 1.82) is 0 Å². The molecule has 0 unspecified atom stereocenters. The number of amides is 1. The van der Waals surface area contributed by atoms with E-state index < -0.39 is 12.2 Å². The molecule has 7 nitrogen and oxygen atoms in total. The van der Waals surface area contributed by atoms with E-state index >= 15 is 0 Å². The van der Waals surface area contributed by atoms with Crippen molar-refractivity contribution in [3.8, 4) is 0 Å². The first-order valence-electron chi connectivity index (χ1n) is 6.83. The predicted octanol–water partition coefficient (Wildman–Crippen LogP) is 2.45. The first kappa shape index (κ1) is 18.2. The van der Waals surface area contributed by atoms with Crippen LogP contribution in [0, 0.1) is 0 Å². The molecule has 0 saturated heterocycles. The number of hydrogen-bond acceptors (Lipinski definition) is 6. The maximum atomic E-state index is 12.3. The highest BCUT2D eigenvalue weighted by Crippen LogP contribution is 2.24. The zero-order valence-electron chi connectivity index (χ0n) is 14.1. The van der Waals surface area contributed by atoms with Crippen molar-refractivity contribution in [3.05, 3.63) is 23.2 Å². The summed E-state index contributed by atoms with van der Waals surface area (Å²) in [6.07, 6.45) is -0.664. The van der Waals surface area contributed by atoms with E-state index in [0.717, 1.165) is 0 Å². The topological polar surface area (TPSA) is 82.8 Å². The average Bonchev–Trinajstić information content (AvgIpc) is 2.89. The van der Waals surface area contributed by atoms with Crippen molar-refractivity contribution >= 4 is 11.7 Å². The number of carbonyl (C=O) groups is 1. The standard InChI is InChI=1S/C15H24N2O5/c1-9(14(20-6)21-7)12(19-5)13(18)16-11-8-10(22-17-11)15(2,3)4/h8,14H,1-7H3,(H,16,17,18)/b12-9-. The van der Waals surface area contributed by atoms with Gasteiger partial charge in [0.2, 0.25) is 0 Å². The van der Waals surface area contributed by atoms with Crippen molar-refractivity contribution in [2.24, 2.45) is 0 Å². The third-order valence-corrected chi connectivity index (χ3v) is 3.04. The van der Waals surface area contributed by atoms with E-state index in [1.807, 2.05) is 20.8 Å². The number of nitrogens with zero attached hydrogens (tertiary/aromatic N) is 1. The molecule has 0 radical (unpaired) electrons. The molecule has 7 heteroatoms. The highest BCUT2D eigenvalue weighted by atomic mass is 16.7. The molecule has 1 aromatic heterocycles. The molecule has 0 aromatic carbocycles. The SMILES string of the molecule is CO/C(C(=O)Nc1cc(C(C)(C)C)on1)=C(/C)C(OC)OC. The fourth-order valence-corrected chi connectivity index (χ4v) is 1.85. The number of carbonyl (C=O) groups excluding carboxylic acids is 1. The van der Waals surface area contributed by atoms with Gasteiger partial charge >= 0.3 is 0 Å². The molecule has 1 rings (SSSR count). The number of nitrogens with one attached hydrogen (secondary N) is 1. The second kappa shape index (κ2) is 7.42. The van der Waals surface area contributed by atoms with E-state index in [4.69, 9.17) is 18.7 Å². The predicted molar refractivity (Wildman–Crippen MR) is 81.3 cm³/mol. The number of hydrogen-bond donors (Lipinski definition) is 1. The summed E-state index contributed by atoms with van der Waals surface area (Å²) >= 11 is 0. The number of ether oxygens (including phenoxy) is 3. The van der Waals surface area contributed by atoms with Crippen molar-refractivity contribution < 1.29 is 23.5 Å². The van der Waals surface area contributed by atoms with Crippen LogP contribution < -0.4 is 5.32 Å². The van der Waals surface area contributed by atoms with Crippen LogP contribution in [0.5, 0.6) is 0 Å². The van der Waals surface area contributed by atoms with Gasteiger partial charge in [0.25, 0.3) is 5.91 Å². The fourth-order valence-electron chi connectivity index (χ4n) is 1.85. The van der Waals surface area contributed by atoms with Crippen LogP contribution in [-0.4, -0.2) is 38.7 Å². The summed E-state index contributed by atoms with van der Waals surface area (Å²) in [4.78, 5) is 12.3. The molecule has 0 aliphatic rings. The Kier molecular flexibility index (Phi) is 6.13. The van der Waals surface area contributed by atoms with Gasteiger partial charge in [-0.3, -0.25) is 4.79 Å². The number of rotatable bonds is 6. The molecule has 0 fully saturated rings. The van der Waals surface area contributed by atoms with E-state index in [9.17, 15) is 4.79 Å². The van der Waals surface area contributed by atoms with Gasteiger partial charge in [-0.1, -0.05) is 25.9 Å². The van der Waals surface area contributed by atoms with Gasteiger partial charge in [0.1, 0.15) is 5.76 Å². The van der Waals surface area contributed by atoms with Crippen LogP contribution in [0.3, 0.4) is 0 Å². The Hall–Kier alpha value is -1.86. The van der Waals surface area contributed by atoms with Crippen molar-refractivity contribution in [1.82, 2.24) is 5.16 Å². The molecule has 0 spiro atoms. The minimum atomic E-state index is -0.664. The maximum Gasteiger partial charge on any atom is 0.292 e. The highest BCUT2D eigenvalue weighted by molar-refractivity contribution is 6.02. The van der Waals surface area contributed by atoms with Crippen molar-refractivity contribution in [2.75, 3.05) is 26.6 Å². The van der Waals surface area contributed by atoms with Crippen LogP contribution >= 0.6 is 0 Å². The lowest BCUT2D eigenvalue weighted by Gasteiger charge is -2.17. The molecule has 1 amide bonds. The summed E-state index contributed by atoms with van der Waals surface area (Å²) in [7, 11) is 4.37. The molecular weight excluding hydrogens is 288 g/mol. The van der Waals surface area contributed by atoms with Crippen LogP contribution in [0.1, 0.15) is 33.5 Å². The molecule has 1 aromatic rings. The second-order valence-electron chi connectivity index (χ2n) is 5.80. The zero-order valence-corrected chi connectivity index (χ0v) is 14.1. The lowest BCUT2D eigenvalue weighted by Crippen LogP contribution is -2.23. The summed E-state index contributed by atoms with van der Waals surface area (Å²) in [5.74, 6) is 0.652. The van der Waals surface area contributed by atoms with Crippen LogP contribution in [0.2, 0.25) is 0 Å². The molecule has 1 N–H and O–H groups in total. The molecule has 0 aliphatic carbocycles. The van der Waals surface area contributed by atoms with E-state index in [1.54, 1.807) is 13.0 Å². The van der Waals surface area contributed by atoms with E-state index in [0.29, 0.717) is 17.2 Å². The van der Waals surface area contributed by atoms with E-state index in [1.165, 1.54) is 21.3 Å². The minimum absolute atomic E-state index is 0.106. The average molecular weight is 312 g/mol. The second-order valence-corrected chi connectivity index (χ2v) is 5.80. The number of aromatic nitrogens is 1. The van der Waals surface area contributed by atoms with Gasteiger partial charge in [-0.25, -0.2) is 0 Å². The summed E-state index contributed by atoms with van der Waals surface area (Å²) in [5, 5.41) is 6.47. The summed E-state index contributed by atoms with van der Waals surface area (Å²) < 4.78 is 20.6. The van der Waals surface area contributed by atoms with Gasteiger partial charge in [0.15, 0.2) is 17.9 Å². The maximum absolute atomic E-state index is 12.3. The summed E-state index contributed by atoms with van der Waals surface area (Å²) in [6, 6.07) is 1.69. The fraction of sp³-hybridized carbons (Fsp3) is 0.600. The Balaban J connectivity index is 2.94. The largest absolute Gasteiger partial charge is 0.491 e. The summed E-state index contributed by atoms with van der Waals surface area (Å²) in [6.45, 7) is 7.67. The van der Waals surface area contributed by atoms with Crippen LogP contribution in [0.25, 0.3) is 0 Å². The van der Waals surface area contributed by atoms with E-state index in [2.05, 4.69) is 10.5 Å². The molecule has 0 atom stereocenters. The van der Waals surface area contributed by atoms with Gasteiger partial charge < -0.3 is 24.1 Å². The quantitative estimate of drug-likeness (QED) is 0.493. The molecule has 22 heavy (non-hydrogen) atoms. The third-order valence-electron chi connectivity index (χ3n) is 3.04. The van der Waals surface area contributed by atoms with Gasteiger partial charge in [-0.2, -0.15) is 0 Å². The van der Waals surface area contributed by atoms with Gasteiger partial charge in [0.05, 0.1) is 7.11 Å². The van der Waals surface area contributed by atoms with Gasteiger partial charge in [-0.15, -0.1) is 0 Å². The van der Waals surface area contributed by atoms with Crippen molar-refractivity contribution in [3.63, 3.8) is 0 Å². The smallest absolute Gasteiger partial charge is 0.292 e. The molecule has 0 bridgehead atoms. The molecule has 1 heterocycles. The Labute approximate surface area is 130 Å². The van der Waals surface area contributed by atoms with Crippen LogP contribution in [0.4, 0.5) is 5.82 Å². The molecule has 0 saturated carbocycles. The summed E-state index contributed by atoms with van der Waals surface area (Å²) in [5.41, 5.74) is 0.327. The molecule has 124 valence electrons. The van der Waals surface area contributed by atoms with Gasteiger partial charge in [0, 0.05) is 31.3 Å². The van der Waals surface area contributed by atoms with Crippen LogP contribution in [-0.2, 0) is 24.4 Å². The van der Waals surface area contributed by atoms with Gasteiger partial charge in [-0.05, 0) is 6.92 Å².